The minimum atomic E-state index is -3.02. The standard InChI is InChI=1S/C50H35BrSi/c51-45-29-15-27-43-47-41-25-13-14-26-42(41)50(48(43)45)49-44(47)28-16-30-46(49)52(38-21-9-3-10-22-38,39-23-11-4-12-24-39)40-32-36(34-17-5-1-6-18-34)31-37(33-40)35-19-7-2-8-20-35/h1-33,47,50H. The fraction of sp³-hybridized carbons (Fsp3) is 0.0400. The van der Waals surface area contributed by atoms with E-state index in [9.17, 15) is 0 Å². The molecule has 2 heteroatoms. The van der Waals surface area contributed by atoms with Gasteiger partial charge in [0.1, 0.15) is 0 Å². The number of rotatable bonds is 6. The van der Waals surface area contributed by atoms with Crippen LogP contribution in [0, 0.1) is 0 Å². The van der Waals surface area contributed by atoms with Crippen molar-refractivity contribution in [2.45, 2.75) is 11.8 Å². The lowest BCUT2D eigenvalue weighted by molar-refractivity contribution is 0.754. The zero-order chi connectivity index (χ0) is 34.6. The lowest BCUT2D eigenvalue weighted by Gasteiger charge is -2.46. The first-order valence-corrected chi connectivity index (χ1v) is 20.9. The number of halogens is 1. The molecule has 0 aliphatic heterocycles. The van der Waals surface area contributed by atoms with Crippen LogP contribution in [0.4, 0.5) is 0 Å². The lowest BCUT2D eigenvalue weighted by atomic mass is 9.61. The molecule has 11 rings (SSSR count). The molecule has 2 unspecified atom stereocenters. The van der Waals surface area contributed by atoms with Crippen LogP contribution in [0.1, 0.15) is 45.2 Å². The lowest BCUT2D eigenvalue weighted by Crippen LogP contribution is -2.75. The van der Waals surface area contributed by atoms with Gasteiger partial charge in [0, 0.05) is 16.3 Å². The highest BCUT2D eigenvalue weighted by Gasteiger charge is 2.49. The Hall–Kier alpha value is -5.54. The van der Waals surface area contributed by atoms with Crippen LogP contribution in [0.5, 0.6) is 0 Å². The second-order valence-electron chi connectivity index (χ2n) is 14.1. The molecular formula is C50H35BrSi. The molecule has 3 aliphatic rings. The second kappa shape index (κ2) is 12.6. The first kappa shape index (κ1) is 31.2. The Kier molecular flexibility index (Phi) is 7.56. The van der Waals surface area contributed by atoms with Crippen molar-refractivity contribution in [2.75, 3.05) is 0 Å². The Morgan fingerprint density at radius 1 is 0.327 bits per heavy atom. The number of benzene rings is 8. The molecule has 0 saturated heterocycles. The molecule has 0 N–H and O–H groups in total. The highest BCUT2D eigenvalue weighted by Crippen LogP contribution is 2.57. The molecule has 0 fully saturated rings. The van der Waals surface area contributed by atoms with E-state index >= 15 is 0 Å². The van der Waals surface area contributed by atoms with Gasteiger partial charge in [-0.25, -0.2) is 0 Å². The zero-order valence-electron chi connectivity index (χ0n) is 28.6. The van der Waals surface area contributed by atoms with Crippen LogP contribution in [0.2, 0.25) is 0 Å². The Bertz CT molecular complexity index is 2480. The second-order valence-corrected chi connectivity index (χ2v) is 18.7. The molecule has 3 aliphatic carbocycles. The smallest absolute Gasteiger partial charge is 0.0623 e. The molecule has 0 nitrogen and oxygen atoms in total. The summed E-state index contributed by atoms with van der Waals surface area (Å²) in [6.45, 7) is 0. The van der Waals surface area contributed by atoms with E-state index < -0.39 is 8.07 Å². The summed E-state index contributed by atoms with van der Waals surface area (Å²) in [7, 11) is -3.02. The first-order chi connectivity index (χ1) is 25.7. The molecule has 0 radical (unpaired) electrons. The molecule has 52 heavy (non-hydrogen) atoms. The topological polar surface area (TPSA) is 0 Å². The van der Waals surface area contributed by atoms with Crippen LogP contribution in [-0.4, -0.2) is 8.07 Å². The molecule has 0 aromatic heterocycles. The molecule has 0 amide bonds. The zero-order valence-corrected chi connectivity index (χ0v) is 31.2. The van der Waals surface area contributed by atoms with Crippen molar-refractivity contribution in [3.05, 3.63) is 238 Å². The van der Waals surface area contributed by atoms with E-state index in [0.29, 0.717) is 0 Å². The van der Waals surface area contributed by atoms with Gasteiger partial charge in [0.25, 0.3) is 0 Å². The maximum atomic E-state index is 4.08. The van der Waals surface area contributed by atoms with Gasteiger partial charge in [-0.15, -0.1) is 0 Å². The number of hydrogen-bond donors (Lipinski definition) is 0. The minimum Gasteiger partial charge on any atom is -0.0623 e. The molecule has 0 spiro atoms. The minimum absolute atomic E-state index is 0.114. The van der Waals surface area contributed by atoms with Gasteiger partial charge in [-0.1, -0.05) is 204 Å². The van der Waals surface area contributed by atoms with Crippen LogP contribution in [-0.2, 0) is 0 Å². The molecule has 2 atom stereocenters. The Labute approximate surface area is 315 Å². The van der Waals surface area contributed by atoms with Gasteiger partial charge in [-0.05, 0) is 88.5 Å². The van der Waals surface area contributed by atoms with E-state index in [-0.39, 0.29) is 11.8 Å². The van der Waals surface area contributed by atoms with E-state index in [1.165, 1.54) is 80.9 Å². The van der Waals surface area contributed by atoms with Crippen molar-refractivity contribution in [3.8, 4) is 22.3 Å². The summed E-state index contributed by atoms with van der Waals surface area (Å²) in [5, 5.41) is 5.64. The van der Waals surface area contributed by atoms with Gasteiger partial charge in [0.15, 0.2) is 8.07 Å². The van der Waals surface area contributed by atoms with Crippen molar-refractivity contribution in [3.63, 3.8) is 0 Å². The van der Waals surface area contributed by atoms with Crippen LogP contribution in [0.15, 0.2) is 205 Å². The van der Waals surface area contributed by atoms with Crippen molar-refractivity contribution >= 4 is 44.8 Å². The summed E-state index contributed by atoms with van der Waals surface area (Å²) in [6, 6.07) is 75.4. The van der Waals surface area contributed by atoms with Crippen molar-refractivity contribution in [1.29, 1.82) is 0 Å². The summed E-state index contributed by atoms with van der Waals surface area (Å²) in [6.07, 6.45) is 0. The molecule has 8 aromatic rings. The Morgan fingerprint density at radius 3 is 1.33 bits per heavy atom. The van der Waals surface area contributed by atoms with Gasteiger partial charge in [0.2, 0.25) is 0 Å². The Morgan fingerprint density at radius 2 is 0.769 bits per heavy atom. The van der Waals surface area contributed by atoms with Crippen LogP contribution in [0.3, 0.4) is 0 Å². The van der Waals surface area contributed by atoms with Gasteiger partial charge in [-0.3, -0.25) is 0 Å². The molecule has 8 aromatic carbocycles. The van der Waals surface area contributed by atoms with Gasteiger partial charge >= 0.3 is 0 Å². The van der Waals surface area contributed by atoms with Crippen LogP contribution in [0.25, 0.3) is 22.3 Å². The fourth-order valence-corrected chi connectivity index (χ4v) is 15.1. The van der Waals surface area contributed by atoms with Gasteiger partial charge < -0.3 is 0 Å². The fourth-order valence-electron chi connectivity index (χ4n) is 9.37. The number of hydrogen-bond acceptors (Lipinski definition) is 0. The third-order valence-electron chi connectivity index (χ3n) is 11.4. The van der Waals surface area contributed by atoms with E-state index in [4.69, 9.17) is 0 Å². The maximum absolute atomic E-state index is 4.08. The predicted octanol–water partition coefficient (Wildman–Crippen LogP) is 10.1. The highest BCUT2D eigenvalue weighted by atomic mass is 79.9. The SMILES string of the molecule is Brc1cccc2c1C1c3ccccc3C2c2cccc([Si](c3ccccc3)(c3ccccc3)c3cc(-c4ccccc4)cc(-c4ccccc4)c3)c21. The van der Waals surface area contributed by atoms with E-state index in [2.05, 4.69) is 216 Å². The van der Waals surface area contributed by atoms with E-state index in [1.54, 1.807) is 0 Å². The van der Waals surface area contributed by atoms with E-state index in [1.807, 2.05) is 0 Å². The third-order valence-corrected chi connectivity index (χ3v) is 16.9. The average molecular weight is 744 g/mol. The normalized spacial score (nSPS) is 15.4. The molecule has 0 saturated carbocycles. The summed E-state index contributed by atoms with van der Waals surface area (Å²) in [5.74, 6) is 0.292. The van der Waals surface area contributed by atoms with Gasteiger partial charge in [0.05, 0.1) is 0 Å². The predicted molar refractivity (Wildman–Crippen MR) is 223 cm³/mol. The summed E-state index contributed by atoms with van der Waals surface area (Å²) in [5.41, 5.74) is 13.6. The largest absolute Gasteiger partial charge is 0.179 e. The third kappa shape index (κ3) is 4.71. The van der Waals surface area contributed by atoms with Crippen molar-refractivity contribution < 1.29 is 0 Å². The molecule has 0 heterocycles. The first-order valence-electron chi connectivity index (χ1n) is 18.1. The summed E-state index contributed by atoms with van der Waals surface area (Å²) < 4.78 is 1.19. The van der Waals surface area contributed by atoms with Crippen LogP contribution >= 0.6 is 15.9 Å². The van der Waals surface area contributed by atoms with E-state index in [0.717, 1.165) is 0 Å². The van der Waals surface area contributed by atoms with Crippen molar-refractivity contribution in [1.82, 2.24) is 0 Å². The average Bonchev–Trinajstić information content (AvgIpc) is 3.22. The molecule has 246 valence electrons. The highest BCUT2D eigenvalue weighted by molar-refractivity contribution is 9.10. The van der Waals surface area contributed by atoms with Gasteiger partial charge in [-0.2, -0.15) is 0 Å². The van der Waals surface area contributed by atoms with Crippen LogP contribution < -0.4 is 20.7 Å². The van der Waals surface area contributed by atoms with Crippen molar-refractivity contribution in [2.24, 2.45) is 0 Å². The quantitative estimate of drug-likeness (QED) is 0.118. The molecular weight excluding hydrogens is 709 g/mol. The monoisotopic (exact) mass is 742 g/mol. The maximum Gasteiger partial charge on any atom is 0.179 e. The Balaban J connectivity index is 1.37. The summed E-state index contributed by atoms with van der Waals surface area (Å²) in [4.78, 5) is 0. The molecule has 2 bridgehead atoms. The summed E-state index contributed by atoms with van der Waals surface area (Å²) >= 11 is 4.08.